The van der Waals surface area contributed by atoms with Crippen molar-refractivity contribution in [1.82, 2.24) is 15.1 Å². The number of amides is 1. The third-order valence-corrected chi connectivity index (χ3v) is 5.10. The maximum absolute atomic E-state index is 12.5. The molecule has 2 heterocycles. The molecule has 4 nitrogen and oxygen atoms in total. The van der Waals surface area contributed by atoms with Crippen molar-refractivity contribution in [3.05, 3.63) is 34.9 Å². The standard InChI is InChI=1S/C18H26ClN3O/c19-16-6-4-15(5-7-16)14-21-9-2-10-22(12-11-21)18(23)13-17-3-1-8-20-17/h4-7,17,20H,1-3,8-14H2. The highest BCUT2D eigenvalue weighted by molar-refractivity contribution is 6.30. The van der Waals surface area contributed by atoms with Crippen LogP contribution in [0.2, 0.25) is 5.02 Å². The fourth-order valence-corrected chi connectivity index (χ4v) is 3.62. The van der Waals surface area contributed by atoms with Crippen molar-refractivity contribution >= 4 is 17.5 Å². The minimum atomic E-state index is 0.317. The zero-order valence-electron chi connectivity index (χ0n) is 13.6. The zero-order valence-corrected chi connectivity index (χ0v) is 14.4. The van der Waals surface area contributed by atoms with Crippen LogP contribution < -0.4 is 5.32 Å². The number of carbonyl (C=O) groups is 1. The van der Waals surface area contributed by atoms with Gasteiger partial charge in [0.1, 0.15) is 0 Å². The number of halogens is 1. The molecule has 3 rings (SSSR count). The quantitative estimate of drug-likeness (QED) is 0.918. The maximum atomic E-state index is 12.5. The van der Waals surface area contributed by atoms with Gasteiger partial charge in [0, 0.05) is 50.2 Å². The fourth-order valence-electron chi connectivity index (χ4n) is 3.50. The Labute approximate surface area is 143 Å². The number of carbonyl (C=O) groups excluding carboxylic acids is 1. The highest BCUT2D eigenvalue weighted by atomic mass is 35.5. The molecule has 1 amide bonds. The van der Waals surface area contributed by atoms with E-state index < -0.39 is 0 Å². The predicted molar refractivity (Wildman–Crippen MR) is 93.6 cm³/mol. The Bertz CT molecular complexity index is 514. The van der Waals surface area contributed by atoms with Gasteiger partial charge in [-0.1, -0.05) is 23.7 Å². The molecular weight excluding hydrogens is 310 g/mol. The van der Waals surface area contributed by atoms with Gasteiger partial charge in [0.2, 0.25) is 5.91 Å². The molecule has 0 aromatic heterocycles. The molecular formula is C18H26ClN3O. The van der Waals surface area contributed by atoms with Crippen molar-refractivity contribution in [2.75, 3.05) is 32.7 Å². The van der Waals surface area contributed by atoms with Crippen molar-refractivity contribution in [2.45, 2.75) is 38.3 Å². The number of hydrogen-bond acceptors (Lipinski definition) is 3. The summed E-state index contributed by atoms with van der Waals surface area (Å²) in [6, 6.07) is 8.46. The molecule has 1 atom stereocenters. The second kappa shape index (κ2) is 8.13. The first-order chi connectivity index (χ1) is 11.2. The molecule has 0 aliphatic carbocycles. The van der Waals surface area contributed by atoms with Crippen LogP contribution in [0, 0.1) is 0 Å². The summed E-state index contributed by atoms with van der Waals surface area (Å²) in [5.74, 6) is 0.317. The Morgan fingerprint density at radius 2 is 1.96 bits per heavy atom. The molecule has 0 bridgehead atoms. The van der Waals surface area contributed by atoms with E-state index >= 15 is 0 Å². The summed E-state index contributed by atoms with van der Waals surface area (Å²) in [4.78, 5) is 17.0. The first-order valence-corrected chi connectivity index (χ1v) is 9.06. The second-order valence-electron chi connectivity index (χ2n) is 6.63. The summed E-state index contributed by atoms with van der Waals surface area (Å²) >= 11 is 5.94. The largest absolute Gasteiger partial charge is 0.341 e. The molecule has 2 fully saturated rings. The van der Waals surface area contributed by atoms with E-state index in [4.69, 9.17) is 11.6 Å². The molecule has 1 unspecified atom stereocenters. The third kappa shape index (κ3) is 4.93. The van der Waals surface area contributed by atoms with Gasteiger partial charge in [0.15, 0.2) is 0 Å². The van der Waals surface area contributed by atoms with E-state index in [1.807, 2.05) is 12.1 Å². The first kappa shape index (κ1) is 16.7. The molecule has 0 spiro atoms. The van der Waals surface area contributed by atoms with Crippen LogP contribution in [0.1, 0.15) is 31.2 Å². The molecule has 5 heteroatoms. The van der Waals surface area contributed by atoms with Gasteiger partial charge < -0.3 is 10.2 Å². The monoisotopic (exact) mass is 335 g/mol. The Morgan fingerprint density at radius 1 is 1.13 bits per heavy atom. The van der Waals surface area contributed by atoms with Crippen LogP contribution in [-0.2, 0) is 11.3 Å². The molecule has 2 aliphatic heterocycles. The van der Waals surface area contributed by atoms with Crippen molar-refractivity contribution < 1.29 is 4.79 Å². The lowest BCUT2D eigenvalue weighted by atomic mass is 10.1. The summed E-state index contributed by atoms with van der Waals surface area (Å²) in [7, 11) is 0. The molecule has 1 aromatic rings. The van der Waals surface area contributed by atoms with E-state index in [0.29, 0.717) is 18.4 Å². The molecule has 1 N–H and O–H groups in total. The number of nitrogens with zero attached hydrogens (tertiary/aromatic N) is 2. The van der Waals surface area contributed by atoms with Crippen molar-refractivity contribution in [1.29, 1.82) is 0 Å². The van der Waals surface area contributed by atoms with Crippen LogP contribution in [0.3, 0.4) is 0 Å². The zero-order chi connectivity index (χ0) is 16.1. The lowest BCUT2D eigenvalue weighted by Crippen LogP contribution is -2.38. The number of benzene rings is 1. The molecule has 126 valence electrons. The van der Waals surface area contributed by atoms with Gasteiger partial charge >= 0.3 is 0 Å². The predicted octanol–water partition coefficient (Wildman–Crippen LogP) is 2.52. The van der Waals surface area contributed by atoms with Gasteiger partial charge in [-0.25, -0.2) is 0 Å². The highest BCUT2D eigenvalue weighted by Gasteiger charge is 2.23. The first-order valence-electron chi connectivity index (χ1n) is 8.69. The summed E-state index contributed by atoms with van der Waals surface area (Å²) in [6.45, 7) is 5.73. The average molecular weight is 336 g/mol. The molecule has 0 saturated carbocycles. The van der Waals surface area contributed by atoms with Gasteiger partial charge in [-0.3, -0.25) is 9.69 Å². The SMILES string of the molecule is O=C(CC1CCCN1)N1CCCN(Cc2ccc(Cl)cc2)CC1. The van der Waals surface area contributed by atoms with Gasteiger partial charge in [-0.05, 0) is 43.5 Å². The van der Waals surface area contributed by atoms with Crippen LogP contribution in [0.4, 0.5) is 0 Å². The van der Waals surface area contributed by atoms with Crippen LogP contribution >= 0.6 is 11.6 Å². The normalized spacial score (nSPS) is 23.0. The van der Waals surface area contributed by atoms with E-state index in [9.17, 15) is 4.79 Å². The lowest BCUT2D eigenvalue weighted by Gasteiger charge is -2.23. The van der Waals surface area contributed by atoms with Crippen LogP contribution in [0.5, 0.6) is 0 Å². The molecule has 2 saturated heterocycles. The van der Waals surface area contributed by atoms with Crippen molar-refractivity contribution in [2.24, 2.45) is 0 Å². The average Bonchev–Trinajstić information content (AvgIpc) is 2.94. The topological polar surface area (TPSA) is 35.6 Å². The number of nitrogens with one attached hydrogen (secondary N) is 1. The summed E-state index contributed by atoms with van der Waals surface area (Å²) < 4.78 is 0. The minimum absolute atomic E-state index is 0.317. The van der Waals surface area contributed by atoms with E-state index in [0.717, 1.165) is 57.1 Å². The van der Waals surface area contributed by atoms with E-state index in [1.54, 1.807) is 0 Å². The summed E-state index contributed by atoms with van der Waals surface area (Å²) in [5, 5.41) is 4.20. The van der Waals surface area contributed by atoms with Gasteiger partial charge in [-0.15, -0.1) is 0 Å². The van der Waals surface area contributed by atoms with Crippen molar-refractivity contribution in [3.63, 3.8) is 0 Å². The minimum Gasteiger partial charge on any atom is -0.341 e. The number of rotatable bonds is 4. The van der Waals surface area contributed by atoms with Crippen molar-refractivity contribution in [3.8, 4) is 0 Å². The molecule has 2 aliphatic rings. The fraction of sp³-hybridized carbons (Fsp3) is 0.611. The van der Waals surface area contributed by atoms with Crippen LogP contribution in [-0.4, -0.2) is 54.5 Å². The Hall–Kier alpha value is -1.10. The van der Waals surface area contributed by atoms with E-state index in [2.05, 4.69) is 27.2 Å². The van der Waals surface area contributed by atoms with Gasteiger partial charge in [0.05, 0.1) is 0 Å². The number of hydrogen-bond donors (Lipinski definition) is 1. The molecule has 23 heavy (non-hydrogen) atoms. The smallest absolute Gasteiger partial charge is 0.224 e. The van der Waals surface area contributed by atoms with Gasteiger partial charge in [0.25, 0.3) is 0 Å². The van der Waals surface area contributed by atoms with Crippen LogP contribution in [0.15, 0.2) is 24.3 Å². The highest BCUT2D eigenvalue weighted by Crippen LogP contribution is 2.15. The summed E-state index contributed by atoms with van der Waals surface area (Å²) in [6.07, 6.45) is 4.06. The Kier molecular flexibility index (Phi) is 5.92. The molecule has 0 radical (unpaired) electrons. The van der Waals surface area contributed by atoms with Crippen LogP contribution in [0.25, 0.3) is 0 Å². The summed E-state index contributed by atoms with van der Waals surface area (Å²) in [5.41, 5.74) is 1.28. The second-order valence-corrected chi connectivity index (χ2v) is 7.07. The molecule has 1 aromatic carbocycles. The third-order valence-electron chi connectivity index (χ3n) is 4.84. The van der Waals surface area contributed by atoms with Gasteiger partial charge in [-0.2, -0.15) is 0 Å². The van der Waals surface area contributed by atoms with E-state index in [-0.39, 0.29) is 0 Å². The van der Waals surface area contributed by atoms with E-state index in [1.165, 1.54) is 12.0 Å². The maximum Gasteiger partial charge on any atom is 0.224 e. The Morgan fingerprint density at radius 3 is 2.70 bits per heavy atom. The lowest BCUT2D eigenvalue weighted by molar-refractivity contribution is -0.131. The Balaban J connectivity index is 1.48.